The van der Waals surface area contributed by atoms with Crippen molar-refractivity contribution in [3.05, 3.63) is 22.5 Å². The molecule has 136 valence electrons. The van der Waals surface area contributed by atoms with Gasteiger partial charge in [-0.2, -0.15) is 0 Å². The zero-order chi connectivity index (χ0) is 18.1. The van der Waals surface area contributed by atoms with Gasteiger partial charge < -0.3 is 19.5 Å². The van der Waals surface area contributed by atoms with E-state index in [1.807, 2.05) is 0 Å². The molecule has 0 bridgehead atoms. The van der Waals surface area contributed by atoms with Gasteiger partial charge >= 0.3 is 0 Å². The Labute approximate surface area is 147 Å². The van der Waals surface area contributed by atoms with Crippen molar-refractivity contribution in [2.75, 3.05) is 32.8 Å². The normalized spacial score (nSPS) is 20.8. The molecule has 2 amide bonds. The zero-order valence-electron chi connectivity index (χ0n) is 15.1. The molecular weight excluding hydrogens is 322 g/mol. The van der Waals surface area contributed by atoms with Crippen LogP contribution in [-0.2, 0) is 9.53 Å². The maximum atomic E-state index is 12.8. The molecule has 0 aliphatic carbocycles. The molecule has 2 fully saturated rings. The summed E-state index contributed by atoms with van der Waals surface area (Å²) in [5, 5.41) is 0. The molecule has 25 heavy (non-hydrogen) atoms. The first-order valence-electron chi connectivity index (χ1n) is 8.80. The summed E-state index contributed by atoms with van der Waals surface area (Å²) < 4.78 is 5.46. The average molecular weight is 347 g/mol. The largest absolute Gasteiger partial charge is 0.368 e. The van der Waals surface area contributed by atoms with Crippen molar-refractivity contribution < 1.29 is 19.1 Å². The highest BCUT2D eigenvalue weighted by atomic mass is 16.5. The number of carbonyl (C=O) groups is 3. The lowest BCUT2D eigenvalue weighted by atomic mass is 10.1. The van der Waals surface area contributed by atoms with E-state index in [1.54, 1.807) is 23.6 Å². The van der Waals surface area contributed by atoms with Crippen LogP contribution in [0.15, 0.2) is 0 Å². The molecule has 7 nitrogen and oxygen atoms in total. The number of carbonyl (C=O) groups excluding carboxylic acids is 3. The summed E-state index contributed by atoms with van der Waals surface area (Å²) in [5.74, 6) is -0.120. The van der Waals surface area contributed by atoms with Crippen molar-refractivity contribution in [2.24, 2.45) is 0 Å². The molecule has 0 radical (unpaired) electrons. The molecule has 7 heteroatoms. The van der Waals surface area contributed by atoms with Gasteiger partial charge in [0.15, 0.2) is 5.78 Å². The van der Waals surface area contributed by atoms with Crippen LogP contribution in [0, 0.1) is 13.8 Å². The lowest BCUT2D eigenvalue weighted by Gasteiger charge is -2.35. The summed E-state index contributed by atoms with van der Waals surface area (Å²) in [7, 11) is 0. The Kier molecular flexibility index (Phi) is 4.94. The van der Waals surface area contributed by atoms with Crippen LogP contribution in [0.5, 0.6) is 0 Å². The number of rotatable bonds is 3. The summed E-state index contributed by atoms with van der Waals surface area (Å²) in [6, 6.07) is 0. The van der Waals surface area contributed by atoms with E-state index in [4.69, 9.17) is 4.74 Å². The Bertz CT molecular complexity index is 695. The lowest BCUT2D eigenvalue weighted by Crippen LogP contribution is -2.53. The molecule has 2 aliphatic heterocycles. The minimum Gasteiger partial charge on any atom is -0.368 e. The van der Waals surface area contributed by atoms with Gasteiger partial charge in [0, 0.05) is 44.0 Å². The molecular formula is C18H25N3O4. The van der Waals surface area contributed by atoms with Gasteiger partial charge in [-0.3, -0.25) is 14.4 Å². The first kappa shape index (κ1) is 17.7. The quantitative estimate of drug-likeness (QED) is 0.836. The number of Topliss-reactive ketones (excluding diaryl/α,β-unsaturated/α-hetero) is 1. The number of ketones is 1. The fourth-order valence-corrected chi connectivity index (χ4v) is 3.76. The van der Waals surface area contributed by atoms with Crippen LogP contribution >= 0.6 is 0 Å². The number of aromatic amines is 1. The number of nitrogens with one attached hydrogen (secondary N) is 1. The highest BCUT2D eigenvalue weighted by Gasteiger charge is 2.32. The summed E-state index contributed by atoms with van der Waals surface area (Å²) >= 11 is 0. The first-order valence-corrected chi connectivity index (χ1v) is 8.80. The summed E-state index contributed by atoms with van der Waals surface area (Å²) in [4.78, 5) is 43.5. The van der Waals surface area contributed by atoms with Crippen molar-refractivity contribution in [1.29, 1.82) is 0 Å². The van der Waals surface area contributed by atoms with E-state index in [0.717, 1.165) is 18.5 Å². The number of nitrogens with zero attached hydrogens (tertiary/aromatic N) is 2. The number of hydrogen-bond donors (Lipinski definition) is 1. The maximum absolute atomic E-state index is 12.8. The second kappa shape index (κ2) is 7.00. The van der Waals surface area contributed by atoms with Gasteiger partial charge in [0.25, 0.3) is 11.8 Å². The zero-order valence-corrected chi connectivity index (χ0v) is 15.1. The summed E-state index contributed by atoms with van der Waals surface area (Å²) in [6.07, 6.45) is 1.40. The van der Waals surface area contributed by atoms with Crippen molar-refractivity contribution in [3.63, 3.8) is 0 Å². The highest BCUT2D eigenvalue weighted by molar-refractivity contribution is 6.02. The van der Waals surface area contributed by atoms with Crippen LogP contribution in [0.1, 0.15) is 51.9 Å². The van der Waals surface area contributed by atoms with Gasteiger partial charge in [0.1, 0.15) is 11.8 Å². The third-order valence-electron chi connectivity index (χ3n) is 5.09. The van der Waals surface area contributed by atoms with Crippen LogP contribution in [0.3, 0.4) is 0 Å². The Hall–Kier alpha value is -2.15. The number of hydrogen-bond acceptors (Lipinski definition) is 4. The predicted octanol–water partition coefficient (Wildman–Crippen LogP) is 1.30. The monoisotopic (exact) mass is 347 g/mol. The minimum atomic E-state index is -0.311. The molecule has 0 aromatic carbocycles. The Balaban J connectivity index is 1.65. The van der Waals surface area contributed by atoms with Crippen LogP contribution in [0.25, 0.3) is 0 Å². The fourth-order valence-electron chi connectivity index (χ4n) is 3.76. The van der Waals surface area contributed by atoms with E-state index in [0.29, 0.717) is 49.6 Å². The summed E-state index contributed by atoms with van der Waals surface area (Å²) in [5.41, 5.74) is 2.49. The van der Waals surface area contributed by atoms with Crippen LogP contribution in [-0.4, -0.2) is 71.3 Å². The van der Waals surface area contributed by atoms with Gasteiger partial charge in [-0.05, 0) is 39.2 Å². The number of ether oxygens (including phenoxy) is 1. The van der Waals surface area contributed by atoms with E-state index < -0.39 is 0 Å². The van der Waals surface area contributed by atoms with E-state index in [1.165, 1.54) is 6.92 Å². The van der Waals surface area contributed by atoms with Crippen LogP contribution in [0.4, 0.5) is 0 Å². The van der Waals surface area contributed by atoms with Crippen molar-refractivity contribution >= 4 is 17.6 Å². The minimum absolute atomic E-state index is 0.0374. The van der Waals surface area contributed by atoms with Gasteiger partial charge in [-0.1, -0.05) is 0 Å². The molecule has 1 N–H and O–H groups in total. The maximum Gasteiger partial charge on any atom is 0.270 e. The van der Waals surface area contributed by atoms with Crippen molar-refractivity contribution in [2.45, 2.75) is 39.7 Å². The number of piperazine rings is 1. The van der Waals surface area contributed by atoms with Gasteiger partial charge in [0.05, 0.1) is 0 Å². The number of H-pyrrole nitrogens is 1. The molecule has 1 atom stereocenters. The molecule has 1 aromatic heterocycles. The summed E-state index contributed by atoms with van der Waals surface area (Å²) in [6.45, 7) is 7.77. The molecule has 1 aromatic rings. The molecule has 2 aliphatic rings. The average Bonchev–Trinajstić information content (AvgIpc) is 3.22. The SMILES string of the molecule is CC(=O)c1c(C)[nH]c(C(=O)N2CCN(C(=O)[C@@H]3CCCO3)CC2)c1C. The standard InChI is InChI=1S/C18H25N3O4/c1-11-15(13(3)22)12(2)19-16(11)18(24)21-8-6-20(7-9-21)17(23)14-5-4-10-25-14/h14,19H,4-10H2,1-3H3/t14-/m0/s1. The van der Waals surface area contributed by atoms with E-state index in [2.05, 4.69) is 4.98 Å². The Morgan fingerprint density at radius 2 is 1.72 bits per heavy atom. The smallest absolute Gasteiger partial charge is 0.270 e. The second-order valence-corrected chi connectivity index (χ2v) is 6.80. The number of aromatic nitrogens is 1. The van der Waals surface area contributed by atoms with Crippen molar-refractivity contribution in [3.8, 4) is 0 Å². The predicted molar refractivity (Wildman–Crippen MR) is 91.7 cm³/mol. The second-order valence-electron chi connectivity index (χ2n) is 6.80. The van der Waals surface area contributed by atoms with Crippen molar-refractivity contribution in [1.82, 2.24) is 14.8 Å². The Morgan fingerprint density at radius 1 is 1.08 bits per heavy atom. The lowest BCUT2D eigenvalue weighted by molar-refractivity contribution is -0.142. The van der Waals surface area contributed by atoms with E-state index >= 15 is 0 Å². The van der Waals surface area contributed by atoms with E-state index in [-0.39, 0.29) is 23.7 Å². The number of amides is 2. The molecule has 0 unspecified atom stereocenters. The molecule has 0 spiro atoms. The topological polar surface area (TPSA) is 82.7 Å². The van der Waals surface area contributed by atoms with Crippen LogP contribution in [0.2, 0.25) is 0 Å². The first-order chi connectivity index (χ1) is 11.9. The van der Waals surface area contributed by atoms with Gasteiger partial charge in [0.2, 0.25) is 0 Å². The number of aryl methyl sites for hydroxylation is 1. The molecule has 0 saturated carbocycles. The van der Waals surface area contributed by atoms with Gasteiger partial charge in [-0.15, -0.1) is 0 Å². The van der Waals surface area contributed by atoms with Gasteiger partial charge in [-0.25, -0.2) is 0 Å². The molecule has 3 heterocycles. The fraction of sp³-hybridized carbons (Fsp3) is 0.611. The third-order valence-corrected chi connectivity index (χ3v) is 5.09. The van der Waals surface area contributed by atoms with E-state index in [9.17, 15) is 14.4 Å². The molecule has 2 saturated heterocycles. The Morgan fingerprint density at radius 3 is 2.24 bits per heavy atom. The van der Waals surface area contributed by atoms with Crippen LogP contribution < -0.4 is 0 Å². The third kappa shape index (κ3) is 3.33. The molecule has 3 rings (SSSR count). The highest BCUT2D eigenvalue weighted by Crippen LogP contribution is 2.21.